The molecular formula is C35H36ClN7O4Si. The number of benzene rings is 3. The minimum Gasteiger partial charge on any atom is -0.497 e. The van der Waals surface area contributed by atoms with Gasteiger partial charge in [0.1, 0.15) is 17.6 Å². The van der Waals surface area contributed by atoms with Crippen molar-refractivity contribution >= 4 is 53.5 Å². The summed E-state index contributed by atoms with van der Waals surface area (Å²) in [7, 11) is -0.802. The second-order valence-corrected chi connectivity index (χ2v) is 16.3. The lowest BCUT2D eigenvalue weighted by Crippen LogP contribution is -2.41. The highest BCUT2D eigenvalue weighted by atomic mass is 35.5. The molecule has 0 saturated heterocycles. The quantitative estimate of drug-likeness (QED) is 0.190. The number of aliphatic imine (C=N–C) groups is 1. The maximum absolute atomic E-state index is 13.2. The summed E-state index contributed by atoms with van der Waals surface area (Å²) in [4.78, 5) is 46.1. The van der Waals surface area contributed by atoms with E-state index in [9.17, 15) is 14.4 Å². The van der Waals surface area contributed by atoms with Crippen LogP contribution in [0.15, 0.2) is 77.8 Å². The number of nitrogens with one attached hydrogen (secondary N) is 2. The molecule has 0 spiro atoms. The zero-order valence-electron chi connectivity index (χ0n) is 27.1. The van der Waals surface area contributed by atoms with Gasteiger partial charge in [-0.25, -0.2) is 0 Å². The normalized spacial score (nSPS) is 14.0. The molecule has 2 amide bonds. The fourth-order valence-electron chi connectivity index (χ4n) is 5.68. The Labute approximate surface area is 284 Å². The molecule has 6 rings (SSSR count). The van der Waals surface area contributed by atoms with Crippen LogP contribution in [0.3, 0.4) is 0 Å². The molecule has 0 bridgehead atoms. The standard InChI is InChI=1S/C35H36ClN7O4Si/c1-21-41-42-35-30(40-34(22-5-8-24(36)9-6-22)28-18-26(47-2)11-14-31(28)43(21)35)19-32(44)38-20-33(45)37-16-15-25-10-7-23-17-27(48(3,4)46)12-13-29(23)39-25/h5-14,17-18,30,46H,15-16,19-20H2,1-4H3,(H,37,45)(H,38,44)/t30-/m0/s1. The van der Waals surface area contributed by atoms with Crippen LogP contribution in [-0.2, 0) is 16.0 Å². The number of hydrogen-bond donors (Lipinski definition) is 3. The van der Waals surface area contributed by atoms with Crippen LogP contribution < -0.4 is 20.6 Å². The minimum atomic E-state index is -2.41. The van der Waals surface area contributed by atoms with E-state index in [1.807, 2.05) is 85.2 Å². The molecule has 48 heavy (non-hydrogen) atoms. The van der Waals surface area contributed by atoms with Crippen molar-refractivity contribution in [2.75, 3.05) is 20.2 Å². The monoisotopic (exact) mass is 681 g/mol. The van der Waals surface area contributed by atoms with Gasteiger partial charge in [-0.1, -0.05) is 41.9 Å². The molecule has 3 heterocycles. The number of carbonyl (C=O) groups is 2. The van der Waals surface area contributed by atoms with E-state index in [0.717, 1.165) is 38.6 Å². The van der Waals surface area contributed by atoms with Gasteiger partial charge in [0.25, 0.3) is 0 Å². The van der Waals surface area contributed by atoms with E-state index < -0.39 is 14.4 Å². The fraction of sp³-hybridized carbons (Fsp3) is 0.257. The van der Waals surface area contributed by atoms with Crippen LogP contribution in [0.5, 0.6) is 5.75 Å². The van der Waals surface area contributed by atoms with Crippen LogP contribution >= 0.6 is 11.6 Å². The molecule has 3 N–H and O–H groups in total. The number of fused-ring (bicyclic) bond motifs is 4. The number of aryl methyl sites for hydroxylation is 1. The predicted octanol–water partition coefficient (Wildman–Crippen LogP) is 3.95. The van der Waals surface area contributed by atoms with Crippen LogP contribution in [0.1, 0.15) is 40.9 Å². The van der Waals surface area contributed by atoms with Gasteiger partial charge in [-0.15, -0.1) is 10.2 Å². The molecule has 0 fully saturated rings. The summed E-state index contributed by atoms with van der Waals surface area (Å²) in [6, 6.07) is 22.1. The van der Waals surface area contributed by atoms with E-state index in [-0.39, 0.29) is 24.8 Å². The topological polar surface area (TPSA) is 144 Å². The Morgan fingerprint density at radius 2 is 1.77 bits per heavy atom. The second-order valence-electron chi connectivity index (χ2n) is 12.2. The highest BCUT2D eigenvalue weighted by molar-refractivity contribution is 6.83. The first-order valence-electron chi connectivity index (χ1n) is 15.6. The van der Waals surface area contributed by atoms with Gasteiger partial charge in [-0.3, -0.25) is 24.1 Å². The average molecular weight is 682 g/mol. The Balaban J connectivity index is 1.12. The minimum absolute atomic E-state index is 0.0493. The maximum Gasteiger partial charge on any atom is 0.239 e. The molecule has 0 radical (unpaired) electrons. The molecule has 5 aromatic rings. The molecular weight excluding hydrogens is 646 g/mol. The van der Waals surface area contributed by atoms with Gasteiger partial charge >= 0.3 is 0 Å². The fourth-order valence-corrected chi connectivity index (χ4v) is 6.81. The lowest BCUT2D eigenvalue weighted by Gasteiger charge is -2.15. The number of amides is 2. The second kappa shape index (κ2) is 13.7. The van der Waals surface area contributed by atoms with Crippen molar-refractivity contribution in [3.63, 3.8) is 0 Å². The number of ether oxygens (including phenoxy) is 1. The lowest BCUT2D eigenvalue weighted by atomic mass is 10.00. The molecule has 13 heteroatoms. The van der Waals surface area contributed by atoms with Gasteiger partial charge < -0.3 is 20.2 Å². The molecule has 1 atom stereocenters. The number of hydrogen-bond acceptors (Lipinski definition) is 8. The zero-order chi connectivity index (χ0) is 34.0. The summed E-state index contributed by atoms with van der Waals surface area (Å²) < 4.78 is 7.43. The molecule has 11 nitrogen and oxygen atoms in total. The Bertz CT molecular complexity index is 2040. The molecule has 0 saturated carbocycles. The van der Waals surface area contributed by atoms with E-state index in [1.165, 1.54) is 0 Å². The highest BCUT2D eigenvalue weighted by Gasteiger charge is 2.30. The number of carbonyl (C=O) groups excluding carboxylic acids is 2. The first-order chi connectivity index (χ1) is 23.0. The number of nitrogens with zero attached hydrogens (tertiary/aromatic N) is 5. The number of halogens is 1. The third-order valence-corrected chi connectivity index (χ3v) is 10.2. The lowest BCUT2D eigenvalue weighted by molar-refractivity contribution is -0.126. The van der Waals surface area contributed by atoms with Crippen LogP contribution in [0.2, 0.25) is 18.1 Å². The summed E-state index contributed by atoms with van der Waals surface area (Å²) >= 11 is 6.19. The van der Waals surface area contributed by atoms with Crippen molar-refractivity contribution in [2.45, 2.75) is 38.9 Å². The first kappa shape index (κ1) is 33.0. The van der Waals surface area contributed by atoms with Crippen molar-refractivity contribution in [1.82, 2.24) is 30.4 Å². The van der Waals surface area contributed by atoms with Gasteiger partial charge in [0.05, 0.1) is 37.0 Å². The molecule has 246 valence electrons. The van der Waals surface area contributed by atoms with Crippen molar-refractivity contribution in [1.29, 1.82) is 0 Å². The van der Waals surface area contributed by atoms with Crippen molar-refractivity contribution in [2.24, 2.45) is 4.99 Å². The highest BCUT2D eigenvalue weighted by Crippen LogP contribution is 2.34. The molecule has 1 aliphatic heterocycles. The molecule has 2 aromatic heterocycles. The molecule has 0 aliphatic carbocycles. The van der Waals surface area contributed by atoms with Crippen molar-refractivity contribution in [3.05, 3.63) is 106 Å². The van der Waals surface area contributed by atoms with Crippen molar-refractivity contribution in [3.8, 4) is 11.4 Å². The van der Waals surface area contributed by atoms with E-state index in [0.29, 0.717) is 41.1 Å². The van der Waals surface area contributed by atoms with Gasteiger partial charge in [0.2, 0.25) is 20.1 Å². The summed E-state index contributed by atoms with van der Waals surface area (Å²) in [5.41, 5.74) is 4.75. The smallest absolute Gasteiger partial charge is 0.239 e. The van der Waals surface area contributed by atoms with Crippen LogP contribution in [-0.4, -0.2) is 70.6 Å². The van der Waals surface area contributed by atoms with Crippen LogP contribution in [0, 0.1) is 6.92 Å². The van der Waals surface area contributed by atoms with E-state index in [1.54, 1.807) is 19.2 Å². The largest absolute Gasteiger partial charge is 0.497 e. The Hall–Kier alpha value is -4.91. The SMILES string of the molecule is COc1ccc2c(c1)C(c1ccc(Cl)cc1)=N[C@@H](CC(=O)NCC(=O)NCCc1ccc3cc([Si](C)(C)O)ccc3n1)c1nnc(C)n1-2. The average Bonchev–Trinajstić information content (AvgIpc) is 3.39. The van der Waals surface area contributed by atoms with Gasteiger partial charge in [0, 0.05) is 40.2 Å². The third kappa shape index (κ3) is 7.15. The van der Waals surface area contributed by atoms with Crippen LogP contribution in [0.4, 0.5) is 0 Å². The van der Waals surface area contributed by atoms with E-state index in [4.69, 9.17) is 26.3 Å². The van der Waals surface area contributed by atoms with Gasteiger partial charge in [0.15, 0.2) is 5.82 Å². The number of methoxy groups -OCH3 is 1. The summed E-state index contributed by atoms with van der Waals surface area (Å²) in [5, 5.41) is 16.8. The van der Waals surface area contributed by atoms with Crippen molar-refractivity contribution < 1.29 is 19.1 Å². The number of rotatable bonds is 10. The maximum atomic E-state index is 13.2. The Morgan fingerprint density at radius 1 is 0.979 bits per heavy atom. The zero-order valence-corrected chi connectivity index (χ0v) is 28.9. The number of pyridine rings is 1. The van der Waals surface area contributed by atoms with Crippen LogP contribution in [0.25, 0.3) is 16.6 Å². The number of aromatic nitrogens is 4. The summed E-state index contributed by atoms with van der Waals surface area (Å²) in [5.74, 6) is 1.16. The summed E-state index contributed by atoms with van der Waals surface area (Å²) in [6.45, 7) is 5.80. The molecule has 3 aromatic carbocycles. The first-order valence-corrected chi connectivity index (χ1v) is 18.9. The predicted molar refractivity (Wildman–Crippen MR) is 188 cm³/mol. The third-order valence-electron chi connectivity index (χ3n) is 8.23. The molecule has 0 unspecified atom stereocenters. The Morgan fingerprint density at radius 3 is 2.52 bits per heavy atom. The molecule has 1 aliphatic rings. The van der Waals surface area contributed by atoms with E-state index in [2.05, 4.69) is 20.8 Å². The van der Waals surface area contributed by atoms with Gasteiger partial charge in [-0.2, -0.15) is 0 Å². The van der Waals surface area contributed by atoms with Gasteiger partial charge in [-0.05, 0) is 67.7 Å². The Kier molecular flexibility index (Phi) is 9.40. The summed E-state index contributed by atoms with van der Waals surface area (Å²) in [6.07, 6.45) is 0.481. The van der Waals surface area contributed by atoms with E-state index >= 15 is 0 Å².